The van der Waals surface area contributed by atoms with Gasteiger partial charge in [0.25, 0.3) is 0 Å². The van der Waals surface area contributed by atoms with Crippen molar-refractivity contribution in [2.24, 2.45) is 0 Å². The van der Waals surface area contributed by atoms with Crippen LogP contribution in [-0.4, -0.2) is 18.1 Å². The van der Waals surface area contributed by atoms with Gasteiger partial charge in [-0.2, -0.15) is 0 Å². The van der Waals surface area contributed by atoms with Gasteiger partial charge in [0.15, 0.2) is 0 Å². The number of benzene rings is 1. The summed E-state index contributed by atoms with van der Waals surface area (Å²) in [6, 6.07) is 10.5. The largest absolute Gasteiger partial charge is 0.496 e. The zero-order valence-electron chi connectivity index (χ0n) is 11.8. The van der Waals surface area contributed by atoms with E-state index in [0.29, 0.717) is 0 Å². The van der Waals surface area contributed by atoms with Crippen LogP contribution < -0.4 is 5.32 Å². The normalized spacial score (nSPS) is 16.6. The highest BCUT2D eigenvalue weighted by molar-refractivity contribution is 5.84. The van der Waals surface area contributed by atoms with Gasteiger partial charge in [-0.25, -0.2) is 0 Å². The molecule has 1 aliphatic heterocycles. The van der Waals surface area contributed by atoms with Crippen molar-refractivity contribution >= 4 is 10.8 Å². The zero-order chi connectivity index (χ0) is 13.8. The van der Waals surface area contributed by atoms with E-state index in [4.69, 9.17) is 4.74 Å². The summed E-state index contributed by atoms with van der Waals surface area (Å²) in [5.41, 5.74) is 1.05. The molecule has 0 bridgehead atoms. The second-order valence-electron chi connectivity index (χ2n) is 5.01. The zero-order valence-corrected chi connectivity index (χ0v) is 11.8. The minimum atomic E-state index is 0.0476. The molecule has 20 heavy (non-hydrogen) atoms. The fourth-order valence-electron chi connectivity index (χ4n) is 2.69. The Balaban J connectivity index is 2.07. The van der Waals surface area contributed by atoms with E-state index in [2.05, 4.69) is 53.6 Å². The number of nitrogens with zero attached hydrogens (tertiary/aromatic N) is 1. The summed E-state index contributed by atoms with van der Waals surface area (Å²) < 4.78 is 5.85. The number of aromatic nitrogens is 1. The maximum absolute atomic E-state index is 5.85. The molecule has 104 valence electrons. The first-order chi connectivity index (χ1) is 9.90. The van der Waals surface area contributed by atoms with Gasteiger partial charge in [-0.3, -0.25) is 4.98 Å². The number of hydrogen-bond acceptors (Lipinski definition) is 3. The summed E-state index contributed by atoms with van der Waals surface area (Å²) >= 11 is 0. The van der Waals surface area contributed by atoms with Gasteiger partial charge in [-0.05, 0) is 36.9 Å². The van der Waals surface area contributed by atoms with Crippen LogP contribution in [-0.2, 0) is 4.74 Å². The van der Waals surface area contributed by atoms with Crippen molar-refractivity contribution < 1.29 is 4.74 Å². The average molecular weight is 268 g/mol. The van der Waals surface area contributed by atoms with E-state index in [1.807, 2.05) is 6.20 Å². The van der Waals surface area contributed by atoms with Gasteiger partial charge in [0, 0.05) is 11.6 Å². The van der Waals surface area contributed by atoms with Crippen molar-refractivity contribution in [3.05, 3.63) is 54.1 Å². The fourth-order valence-corrected chi connectivity index (χ4v) is 2.69. The van der Waals surface area contributed by atoms with E-state index in [1.165, 1.54) is 10.8 Å². The lowest BCUT2D eigenvalue weighted by Crippen LogP contribution is -2.26. The van der Waals surface area contributed by atoms with Crippen molar-refractivity contribution in [2.75, 3.05) is 13.2 Å². The highest BCUT2D eigenvalue weighted by atomic mass is 16.5. The predicted molar refractivity (Wildman–Crippen MR) is 81.4 cm³/mol. The van der Waals surface area contributed by atoms with Crippen LogP contribution in [0.2, 0.25) is 0 Å². The number of likely N-dealkylation sites (N-methyl/N-ethyl adjacent to an activating group) is 1. The summed E-state index contributed by atoms with van der Waals surface area (Å²) in [5, 5.41) is 5.92. The van der Waals surface area contributed by atoms with E-state index >= 15 is 0 Å². The maximum atomic E-state index is 5.85. The maximum Gasteiger partial charge on any atom is 0.115 e. The molecular formula is C17H20N2O. The molecule has 3 heteroatoms. The number of pyridine rings is 1. The first kappa shape index (κ1) is 13.1. The molecule has 0 spiro atoms. The third kappa shape index (κ3) is 2.54. The molecule has 1 atom stereocenters. The lowest BCUT2D eigenvalue weighted by atomic mass is 10.0. The smallest absolute Gasteiger partial charge is 0.115 e. The van der Waals surface area contributed by atoms with Crippen LogP contribution in [0.5, 0.6) is 0 Å². The Morgan fingerprint density at radius 2 is 2.20 bits per heavy atom. The molecule has 2 aromatic rings. The fraction of sp³-hybridized carbons (Fsp3) is 0.353. The molecule has 0 saturated heterocycles. The van der Waals surface area contributed by atoms with Crippen molar-refractivity contribution in [3.63, 3.8) is 0 Å². The number of ether oxygens (including phenoxy) is 1. The van der Waals surface area contributed by atoms with Gasteiger partial charge in [0.2, 0.25) is 0 Å². The quantitative estimate of drug-likeness (QED) is 0.920. The molecule has 1 N–H and O–H groups in total. The summed E-state index contributed by atoms with van der Waals surface area (Å²) in [5.74, 6) is 1.02. The molecule has 1 aromatic heterocycles. The van der Waals surface area contributed by atoms with E-state index in [0.717, 1.165) is 37.4 Å². The number of allylic oxidation sites excluding steroid dienone is 1. The van der Waals surface area contributed by atoms with Gasteiger partial charge < -0.3 is 10.1 Å². The molecule has 0 fully saturated rings. The van der Waals surface area contributed by atoms with Gasteiger partial charge >= 0.3 is 0 Å². The van der Waals surface area contributed by atoms with Crippen molar-refractivity contribution in [1.29, 1.82) is 0 Å². The molecule has 2 heterocycles. The Morgan fingerprint density at radius 1 is 1.30 bits per heavy atom. The molecule has 1 aliphatic rings. The number of nitrogens with one attached hydrogen (secondary N) is 1. The molecule has 0 aliphatic carbocycles. The summed E-state index contributed by atoms with van der Waals surface area (Å²) in [7, 11) is 0. The second-order valence-corrected chi connectivity index (χ2v) is 5.01. The SMILES string of the molecule is CCNC(C1=CCCCO1)c1nccc2ccccc12. The molecule has 3 nitrogen and oxygen atoms in total. The topological polar surface area (TPSA) is 34.1 Å². The molecule has 3 rings (SSSR count). The molecule has 0 amide bonds. The Bertz CT molecular complexity index is 616. The predicted octanol–water partition coefficient (Wildman–Crippen LogP) is 3.58. The van der Waals surface area contributed by atoms with Crippen LogP contribution in [0.25, 0.3) is 10.8 Å². The number of fused-ring (bicyclic) bond motifs is 1. The molecule has 1 unspecified atom stereocenters. The van der Waals surface area contributed by atoms with Crippen LogP contribution in [0.1, 0.15) is 31.5 Å². The van der Waals surface area contributed by atoms with Crippen LogP contribution in [0.3, 0.4) is 0 Å². The molecule has 0 radical (unpaired) electrons. The second kappa shape index (κ2) is 6.06. The van der Waals surface area contributed by atoms with E-state index in [9.17, 15) is 0 Å². The first-order valence-corrected chi connectivity index (χ1v) is 7.30. The van der Waals surface area contributed by atoms with Gasteiger partial charge in [-0.15, -0.1) is 0 Å². The monoisotopic (exact) mass is 268 g/mol. The highest BCUT2D eigenvalue weighted by Gasteiger charge is 2.22. The summed E-state index contributed by atoms with van der Waals surface area (Å²) in [6.07, 6.45) is 6.26. The minimum Gasteiger partial charge on any atom is -0.496 e. The third-order valence-corrected chi connectivity index (χ3v) is 3.63. The van der Waals surface area contributed by atoms with Crippen LogP contribution >= 0.6 is 0 Å². The minimum absolute atomic E-state index is 0.0476. The Kier molecular flexibility index (Phi) is 3.97. The summed E-state index contributed by atoms with van der Waals surface area (Å²) in [4.78, 5) is 4.62. The lowest BCUT2D eigenvalue weighted by molar-refractivity contribution is 0.167. The standard InChI is InChI=1S/C17H20N2O/c1-2-18-17(15-9-5-6-12-20-15)16-14-8-4-3-7-13(14)10-11-19-16/h3-4,7-11,17-18H,2,5-6,12H2,1H3. The highest BCUT2D eigenvalue weighted by Crippen LogP contribution is 2.29. The Labute approximate surface area is 119 Å². The van der Waals surface area contributed by atoms with Crippen LogP contribution in [0.15, 0.2) is 48.4 Å². The van der Waals surface area contributed by atoms with Crippen molar-refractivity contribution in [1.82, 2.24) is 10.3 Å². The molecular weight excluding hydrogens is 248 g/mol. The van der Waals surface area contributed by atoms with Gasteiger partial charge in [0.05, 0.1) is 12.3 Å². The van der Waals surface area contributed by atoms with E-state index in [-0.39, 0.29) is 6.04 Å². The van der Waals surface area contributed by atoms with E-state index in [1.54, 1.807) is 0 Å². The number of rotatable bonds is 4. The van der Waals surface area contributed by atoms with Gasteiger partial charge in [0.1, 0.15) is 11.8 Å². The van der Waals surface area contributed by atoms with Crippen LogP contribution in [0.4, 0.5) is 0 Å². The lowest BCUT2D eigenvalue weighted by Gasteiger charge is -2.25. The molecule has 1 aromatic carbocycles. The Hall–Kier alpha value is -1.87. The Morgan fingerprint density at radius 3 is 3.00 bits per heavy atom. The molecule has 0 saturated carbocycles. The average Bonchev–Trinajstić information content (AvgIpc) is 2.53. The van der Waals surface area contributed by atoms with Crippen molar-refractivity contribution in [3.8, 4) is 0 Å². The summed E-state index contributed by atoms with van der Waals surface area (Å²) in [6.45, 7) is 3.80. The first-order valence-electron chi connectivity index (χ1n) is 7.30. The third-order valence-electron chi connectivity index (χ3n) is 3.63. The van der Waals surface area contributed by atoms with Gasteiger partial charge in [-0.1, -0.05) is 31.2 Å². The number of hydrogen-bond donors (Lipinski definition) is 1. The van der Waals surface area contributed by atoms with Crippen molar-refractivity contribution in [2.45, 2.75) is 25.8 Å². The van der Waals surface area contributed by atoms with Crippen LogP contribution in [0, 0.1) is 0 Å². The van der Waals surface area contributed by atoms with E-state index < -0.39 is 0 Å².